The fourth-order valence-corrected chi connectivity index (χ4v) is 2.91. The highest BCUT2D eigenvalue weighted by molar-refractivity contribution is 7.13. The van der Waals surface area contributed by atoms with Crippen molar-refractivity contribution >= 4 is 28.3 Å². The fourth-order valence-electron chi connectivity index (χ4n) is 2.45. The zero-order valence-electron chi connectivity index (χ0n) is 12.4. The standard InChI is InChI=1S/C13H21N5O2S/c1-17-7-3-4-10(17)8-18(2)12(20)6-5-11(19)15-13-16-14-9-21-13/h9-10H,3-8H2,1-2H3,(H,15,16,19). The molecule has 2 amide bonds. The Morgan fingerprint density at radius 3 is 2.95 bits per heavy atom. The Morgan fingerprint density at radius 2 is 2.33 bits per heavy atom. The third-order valence-electron chi connectivity index (χ3n) is 3.75. The van der Waals surface area contributed by atoms with Gasteiger partial charge in [-0.25, -0.2) is 0 Å². The number of nitrogens with one attached hydrogen (secondary N) is 1. The predicted molar refractivity (Wildman–Crippen MR) is 81.1 cm³/mol. The second-order valence-corrected chi connectivity index (χ2v) is 6.18. The lowest BCUT2D eigenvalue weighted by atomic mass is 10.2. The second kappa shape index (κ2) is 7.46. The van der Waals surface area contributed by atoms with Crippen molar-refractivity contribution in [2.75, 3.05) is 32.5 Å². The number of nitrogens with zero attached hydrogens (tertiary/aromatic N) is 4. The van der Waals surface area contributed by atoms with Gasteiger partial charge in [-0.3, -0.25) is 9.59 Å². The minimum Gasteiger partial charge on any atom is -0.344 e. The van der Waals surface area contributed by atoms with Gasteiger partial charge in [-0.05, 0) is 26.4 Å². The summed E-state index contributed by atoms with van der Waals surface area (Å²) >= 11 is 1.26. The van der Waals surface area contributed by atoms with Crippen molar-refractivity contribution in [1.29, 1.82) is 0 Å². The number of amides is 2. The average molecular weight is 311 g/mol. The van der Waals surface area contributed by atoms with Crippen LogP contribution in [0.3, 0.4) is 0 Å². The Morgan fingerprint density at radius 1 is 1.52 bits per heavy atom. The summed E-state index contributed by atoms with van der Waals surface area (Å²) in [7, 11) is 3.89. The van der Waals surface area contributed by atoms with Crippen LogP contribution in [0.1, 0.15) is 25.7 Å². The van der Waals surface area contributed by atoms with E-state index < -0.39 is 0 Å². The molecule has 1 fully saturated rings. The second-order valence-electron chi connectivity index (χ2n) is 5.34. The third kappa shape index (κ3) is 4.75. The Hall–Kier alpha value is -1.54. The maximum atomic E-state index is 12.0. The molecule has 1 saturated heterocycles. The average Bonchev–Trinajstić information content (AvgIpc) is 3.09. The molecular formula is C13H21N5O2S. The number of rotatable bonds is 6. The number of aromatic nitrogens is 2. The van der Waals surface area contributed by atoms with Gasteiger partial charge < -0.3 is 15.1 Å². The molecule has 0 radical (unpaired) electrons. The molecule has 0 aromatic carbocycles. The normalized spacial score (nSPS) is 18.7. The Balaban J connectivity index is 1.69. The molecular weight excluding hydrogens is 290 g/mol. The van der Waals surface area contributed by atoms with Crippen molar-refractivity contribution in [2.45, 2.75) is 31.7 Å². The summed E-state index contributed by atoms with van der Waals surface area (Å²) in [6.07, 6.45) is 2.71. The summed E-state index contributed by atoms with van der Waals surface area (Å²) < 4.78 is 0. The maximum absolute atomic E-state index is 12.0. The molecule has 1 unspecified atom stereocenters. The predicted octanol–water partition coefficient (Wildman–Crippen LogP) is 0.809. The van der Waals surface area contributed by atoms with E-state index in [4.69, 9.17) is 0 Å². The van der Waals surface area contributed by atoms with Gasteiger partial charge in [0.15, 0.2) is 0 Å². The van der Waals surface area contributed by atoms with Crippen molar-refractivity contribution in [3.8, 4) is 0 Å². The first-order valence-corrected chi connectivity index (χ1v) is 7.94. The van der Waals surface area contributed by atoms with E-state index in [0.717, 1.165) is 19.5 Å². The molecule has 7 nitrogen and oxygen atoms in total. The molecule has 1 aromatic heterocycles. The number of hydrogen-bond donors (Lipinski definition) is 1. The van der Waals surface area contributed by atoms with E-state index >= 15 is 0 Å². The number of carbonyl (C=O) groups excluding carboxylic acids is 2. The SMILES string of the molecule is CN(CC1CCCN1C)C(=O)CCC(=O)Nc1nncs1. The number of carbonyl (C=O) groups is 2. The van der Waals surface area contributed by atoms with Gasteiger partial charge in [0, 0.05) is 32.5 Å². The summed E-state index contributed by atoms with van der Waals surface area (Å²) in [6, 6.07) is 0.439. The number of likely N-dealkylation sites (tertiary alicyclic amines) is 1. The van der Waals surface area contributed by atoms with Crippen molar-refractivity contribution < 1.29 is 9.59 Å². The minimum atomic E-state index is -0.202. The molecule has 0 bridgehead atoms. The lowest BCUT2D eigenvalue weighted by molar-refractivity contribution is -0.132. The molecule has 0 spiro atoms. The number of anilines is 1. The van der Waals surface area contributed by atoms with Crippen LogP contribution < -0.4 is 5.32 Å². The first-order valence-electron chi connectivity index (χ1n) is 7.06. The van der Waals surface area contributed by atoms with Gasteiger partial charge in [0.1, 0.15) is 5.51 Å². The zero-order valence-corrected chi connectivity index (χ0v) is 13.2. The van der Waals surface area contributed by atoms with Crippen molar-refractivity contribution in [3.05, 3.63) is 5.51 Å². The van der Waals surface area contributed by atoms with Gasteiger partial charge in [0.25, 0.3) is 0 Å². The molecule has 2 heterocycles. The minimum absolute atomic E-state index is 0.00251. The summed E-state index contributed by atoms with van der Waals surface area (Å²) in [5.41, 5.74) is 1.55. The quantitative estimate of drug-likeness (QED) is 0.841. The van der Waals surface area contributed by atoms with Crippen molar-refractivity contribution in [3.63, 3.8) is 0 Å². The van der Waals surface area contributed by atoms with Crippen molar-refractivity contribution in [2.24, 2.45) is 0 Å². The van der Waals surface area contributed by atoms with Crippen LogP contribution in [0.2, 0.25) is 0 Å². The van der Waals surface area contributed by atoms with Gasteiger partial charge in [-0.2, -0.15) is 0 Å². The van der Waals surface area contributed by atoms with Crippen LogP contribution in [0.15, 0.2) is 5.51 Å². The van der Waals surface area contributed by atoms with Gasteiger partial charge in [-0.15, -0.1) is 10.2 Å². The van der Waals surface area contributed by atoms with Crippen LogP contribution in [-0.4, -0.2) is 65.0 Å². The van der Waals surface area contributed by atoms with Crippen LogP contribution >= 0.6 is 11.3 Å². The van der Waals surface area contributed by atoms with Gasteiger partial charge in [0.05, 0.1) is 0 Å². The van der Waals surface area contributed by atoms with Crippen LogP contribution in [0.5, 0.6) is 0 Å². The molecule has 8 heteroatoms. The van der Waals surface area contributed by atoms with Crippen LogP contribution in [0.25, 0.3) is 0 Å². The van der Waals surface area contributed by atoms with E-state index in [1.807, 2.05) is 0 Å². The highest BCUT2D eigenvalue weighted by Crippen LogP contribution is 2.16. The lowest BCUT2D eigenvalue weighted by Crippen LogP contribution is -2.39. The Bertz CT molecular complexity index is 479. The largest absolute Gasteiger partial charge is 0.344 e. The molecule has 1 aliphatic heterocycles. The molecule has 1 N–H and O–H groups in total. The van der Waals surface area contributed by atoms with E-state index in [1.54, 1.807) is 17.5 Å². The Labute approximate surface area is 128 Å². The van der Waals surface area contributed by atoms with Crippen LogP contribution in [0.4, 0.5) is 5.13 Å². The highest BCUT2D eigenvalue weighted by atomic mass is 32.1. The molecule has 0 aliphatic carbocycles. The molecule has 1 aromatic rings. The molecule has 2 rings (SSSR count). The number of likely N-dealkylation sites (N-methyl/N-ethyl adjacent to an activating group) is 2. The molecule has 0 saturated carbocycles. The van der Waals surface area contributed by atoms with Gasteiger partial charge in [0.2, 0.25) is 16.9 Å². The molecule has 21 heavy (non-hydrogen) atoms. The van der Waals surface area contributed by atoms with Crippen molar-refractivity contribution in [1.82, 2.24) is 20.0 Å². The Kier molecular flexibility index (Phi) is 5.63. The topological polar surface area (TPSA) is 78.4 Å². The molecule has 116 valence electrons. The van der Waals surface area contributed by atoms with Gasteiger partial charge in [-0.1, -0.05) is 11.3 Å². The molecule has 1 atom stereocenters. The maximum Gasteiger partial charge on any atom is 0.226 e. The number of hydrogen-bond acceptors (Lipinski definition) is 6. The summed E-state index contributed by atoms with van der Waals surface area (Å²) in [5.74, 6) is -0.200. The molecule has 1 aliphatic rings. The lowest BCUT2D eigenvalue weighted by Gasteiger charge is -2.25. The zero-order chi connectivity index (χ0) is 15.2. The fraction of sp³-hybridized carbons (Fsp3) is 0.692. The van der Waals surface area contributed by atoms with Crippen LogP contribution in [0, 0.1) is 0 Å². The smallest absolute Gasteiger partial charge is 0.226 e. The van der Waals surface area contributed by atoms with Gasteiger partial charge >= 0.3 is 0 Å². The third-order valence-corrected chi connectivity index (χ3v) is 4.36. The monoisotopic (exact) mass is 311 g/mol. The van der Waals surface area contributed by atoms with E-state index in [2.05, 4.69) is 27.5 Å². The first kappa shape index (κ1) is 15.8. The van der Waals surface area contributed by atoms with E-state index in [0.29, 0.717) is 11.2 Å². The van der Waals surface area contributed by atoms with E-state index in [-0.39, 0.29) is 24.7 Å². The van der Waals surface area contributed by atoms with E-state index in [9.17, 15) is 9.59 Å². The highest BCUT2D eigenvalue weighted by Gasteiger charge is 2.23. The summed E-state index contributed by atoms with van der Waals surface area (Å²) in [4.78, 5) is 27.7. The summed E-state index contributed by atoms with van der Waals surface area (Å²) in [6.45, 7) is 1.82. The van der Waals surface area contributed by atoms with Crippen LogP contribution in [-0.2, 0) is 9.59 Å². The van der Waals surface area contributed by atoms with E-state index in [1.165, 1.54) is 17.8 Å². The summed E-state index contributed by atoms with van der Waals surface area (Å²) in [5, 5.41) is 10.5. The first-order chi connectivity index (χ1) is 10.1.